The molecule has 5 nitrogen and oxygen atoms in total. The lowest BCUT2D eigenvalue weighted by Gasteiger charge is -2.31. The zero-order valence-electron chi connectivity index (χ0n) is 20.6. The zero-order chi connectivity index (χ0) is 23.5. The number of hydrogen-bond acceptors (Lipinski definition) is 2. The monoisotopic (exact) mass is 439 g/mol. The van der Waals surface area contributed by atoms with E-state index < -0.39 is 0 Å². The second-order valence-corrected chi connectivity index (χ2v) is 8.77. The maximum Gasteiger partial charge on any atom is 0.254 e. The van der Waals surface area contributed by atoms with Crippen molar-refractivity contribution in [1.29, 1.82) is 0 Å². The van der Waals surface area contributed by atoms with Gasteiger partial charge in [0.2, 0.25) is 5.91 Å². The average Bonchev–Trinajstić information content (AvgIpc) is 3.22. The first-order chi connectivity index (χ1) is 15.4. The molecular formula is C27H41N3O2. The van der Waals surface area contributed by atoms with Crippen LogP contribution in [0.4, 0.5) is 0 Å². The average molecular weight is 440 g/mol. The summed E-state index contributed by atoms with van der Waals surface area (Å²) in [6.45, 7) is 9.77. The Kier molecular flexibility index (Phi) is 10.5. The molecule has 1 atom stereocenters. The number of aromatic nitrogens is 1. The number of carbonyl (C=O) groups is 2. The third-order valence-corrected chi connectivity index (χ3v) is 6.25. The standard InChI is InChI=1S/C27H41N3O2/c1-6-9-12-23-14-16-24(17-15-23)27(32)30(22(4)8-3)21-26(31)29(19-10-7-2)20-25-13-11-18-28(25)5/h11,13-18,22H,6-10,12,19-21H2,1-5H3/t22-/m0/s1. The molecule has 0 saturated carbocycles. The minimum Gasteiger partial charge on any atom is -0.353 e. The molecule has 32 heavy (non-hydrogen) atoms. The SMILES string of the molecule is CCCCc1ccc(C(=O)N(CC(=O)N(CCCC)Cc2cccn2C)[C@@H](C)CC)cc1. The molecule has 0 aliphatic rings. The number of unbranched alkanes of at least 4 members (excludes halogenated alkanes) is 2. The summed E-state index contributed by atoms with van der Waals surface area (Å²) in [4.78, 5) is 30.4. The van der Waals surface area contributed by atoms with Gasteiger partial charge in [-0.05, 0) is 62.4 Å². The molecule has 1 aromatic heterocycles. The molecule has 1 aromatic carbocycles. The number of rotatable bonds is 13. The van der Waals surface area contributed by atoms with Crippen molar-refractivity contribution in [2.75, 3.05) is 13.1 Å². The van der Waals surface area contributed by atoms with E-state index in [-0.39, 0.29) is 24.4 Å². The summed E-state index contributed by atoms with van der Waals surface area (Å²) in [6, 6.07) is 11.9. The van der Waals surface area contributed by atoms with Crippen LogP contribution >= 0.6 is 0 Å². The van der Waals surface area contributed by atoms with E-state index in [1.165, 1.54) is 5.56 Å². The van der Waals surface area contributed by atoms with E-state index in [0.29, 0.717) is 18.7 Å². The molecule has 0 fully saturated rings. The number of benzene rings is 1. The number of hydrogen-bond donors (Lipinski definition) is 0. The summed E-state index contributed by atoms with van der Waals surface area (Å²) in [6.07, 6.45) is 8.11. The molecule has 0 spiro atoms. The van der Waals surface area contributed by atoms with Crippen LogP contribution in [0.5, 0.6) is 0 Å². The van der Waals surface area contributed by atoms with Crippen molar-refractivity contribution in [3.05, 3.63) is 59.4 Å². The molecule has 0 radical (unpaired) electrons. The molecule has 2 aromatic rings. The Morgan fingerprint density at radius 2 is 1.69 bits per heavy atom. The van der Waals surface area contributed by atoms with Gasteiger partial charge in [0.05, 0.1) is 6.54 Å². The predicted octanol–water partition coefficient (Wildman–Crippen LogP) is 5.44. The van der Waals surface area contributed by atoms with E-state index in [2.05, 4.69) is 20.8 Å². The molecule has 0 saturated heterocycles. The van der Waals surface area contributed by atoms with Crippen molar-refractivity contribution in [1.82, 2.24) is 14.4 Å². The van der Waals surface area contributed by atoms with Gasteiger partial charge in [-0.1, -0.05) is 45.7 Å². The number of aryl methyl sites for hydroxylation is 2. The zero-order valence-corrected chi connectivity index (χ0v) is 20.6. The molecule has 0 bridgehead atoms. The Morgan fingerprint density at radius 1 is 1.00 bits per heavy atom. The van der Waals surface area contributed by atoms with E-state index in [1.54, 1.807) is 4.90 Å². The van der Waals surface area contributed by atoms with Crippen LogP contribution < -0.4 is 0 Å². The van der Waals surface area contributed by atoms with E-state index >= 15 is 0 Å². The van der Waals surface area contributed by atoms with Crippen molar-refractivity contribution in [3.63, 3.8) is 0 Å². The first-order valence-corrected chi connectivity index (χ1v) is 12.2. The molecule has 176 valence electrons. The summed E-state index contributed by atoms with van der Waals surface area (Å²) in [5.41, 5.74) is 3.00. The van der Waals surface area contributed by atoms with Crippen molar-refractivity contribution < 1.29 is 9.59 Å². The Labute approximate surface area is 194 Å². The highest BCUT2D eigenvalue weighted by molar-refractivity contribution is 5.96. The first kappa shape index (κ1) is 25.7. The third-order valence-electron chi connectivity index (χ3n) is 6.25. The van der Waals surface area contributed by atoms with Crippen LogP contribution in [0.3, 0.4) is 0 Å². The summed E-state index contributed by atoms with van der Waals surface area (Å²) in [5.74, 6) is -0.0584. The Balaban J connectivity index is 2.16. The highest BCUT2D eigenvalue weighted by Gasteiger charge is 2.26. The molecule has 0 aliphatic carbocycles. The highest BCUT2D eigenvalue weighted by atomic mass is 16.2. The summed E-state index contributed by atoms with van der Waals surface area (Å²) >= 11 is 0. The fourth-order valence-electron chi connectivity index (χ4n) is 3.75. The van der Waals surface area contributed by atoms with Crippen molar-refractivity contribution in [2.45, 2.75) is 78.8 Å². The lowest BCUT2D eigenvalue weighted by atomic mass is 10.0. The van der Waals surface area contributed by atoms with Crippen LogP contribution in [0.25, 0.3) is 0 Å². The maximum absolute atomic E-state index is 13.4. The Bertz CT molecular complexity index is 841. The van der Waals surface area contributed by atoms with Gasteiger partial charge >= 0.3 is 0 Å². The van der Waals surface area contributed by atoms with Gasteiger partial charge in [-0.2, -0.15) is 0 Å². The largest absolute Gasteiger partial charge is 0.353 e. The normalized spacial score (nSPS) is 11.9. The molecule has 1 heterocycles. The van der Waals surface area contributed by atoms with Crippen LogP contribution in [-0.2, 0) is 24.8 Å². The van der Waals surface area contributed by atoms with Gasteiger partial charge in [-0.25, -0.2) is 0 Å². The van der Waals surface area contributed by atoms with Crippen LogP contribution in [-0.4, -0.2) is 45.3 Å². The van der Waals surface area contributed by atoms with Crippen LogP contribution in [0, 0.1) is 0 Å². The minimum atomic E-state index is -0.0657. The smallest absolute Gasteiger partial charge is 0.254 e. The van der Waals surface area contributed by atoms with Crippen molar-refractivity contribution in [2.24, 2.45) is 7.05 Å². The van der Waals surface area contributed by atoms with Gasteiger partial charge in [-0.15, -0.1) is 0 Å². The number of nitrogens with zero attached hydrogens (tertiary/aromatic N) is 3. The first-order valence-electron chi connectivity index (χ1n) is 12.2. The topological polar surface area (TPSA) is 45.6 Å². The fourth-order valence-corrected chi connectivity index (χ4v) is 3.75. The van der Waals surface area contributed by atoms with Gasteiger partial charge in [0.1, 0.15) is 6.54 Å². The van der Waals surface area contributed by atoms with Crippen LogP contribution in [0.2, 0.25) is 0 Å². The lowest BCUT2D eigenvalue weighted by Crippen LogP contribution is -2.46. The van der Waals surface area contributed by atoms with E-state index in [0.717, 1.165) is 44.2 Å². The van der Waals surface area contributed by atoms with E-state index in [9.17, 15) is 9.59 Å². The molecule has 0 unspecified atom stereocenters. The molecule has 2 amide bonds. The highest BCUT2D eigenvalue weighted by Crippen LogP contribution is 2.15. The van der Waals surface area contributed by atoms with Gasteiger partial charge in [0, 0.05) is 37.1 Å². The number of amides is 2. The summed E-state index contributed by atoms with van der Waals surface area (Å²) < 4.78 is 2.05. The van der Waals surface area contributed by atoms with E-state index in [4.69, 9.17) is 0 Å². The summed E-state index contributed by atoms with van der Waals surface area (Å²) in [5, 5.41) is 0. The Morgan fingerprint density at radius 3 is 2.25 bits per heavy atom. The second-order valence-electron chi connectivity index (χ2n) is 8.77. The van der Waals surface area contributed by atoms with Gasteiger partial charge in [-0.3, -0.25) is 9.59 Å². The maximum atomic E-state index is 13.4. The van der Waals surface area contributed by atoms with Gasteiger partial charge < -0.3 is 14.4 Å². The second kappa shape index (κ2) is 13.1. The molecular weight excluding hydrogens is 398 g/mol. The van der Waals surface area contributed by atoms with E-state index in [1.807, 2.05) is 66.0 Å². The van der Waals surface area contributed by atoms with Crippen LogP contribution in [0.1, 0.15) is 81.4 Å². The fraction of sp³-hybridized carbons (Fsp3) is 0.556. The minimum absolute atomic E-state index is 0.00530. The molecule has 5 heteroatoms. The third kappa shape index (κ3) is 7.25. The summed E-state index contributed by atoms with van der Waals surface area (Å²) in [7, 11) is 2.00. The molecule has 2 rings (SSSR count). The molecule has 0 aliphatic heterocycles. The molecule has 0 N–H and O–H groups in total. The van der Waals surface area contributed by atoms with Crippen LogP contribution in [0.15, 0.2) is 42.6 Å². The number of carbonyl (C=O) groups excluding carboxylic acids is 2. The predicted molar refractivity (Wildman–Crippen MR) is 132 cm³/mol. The van der Waals surface area contributed by atoms with Crippen molar-refractivity contribution in [3.8, 4) is 0 Å². The van der Waals surface area contributed by atoms with Gasteiger partial charge in [0.15, 0.2) is 0 Å². The lowest BCUT2D eigenvalue weighted by molar-refractivity contribution is -0.133. The van der Waals surface area contributed by atoms with Crippen molar-refractivity contribution >= 4 is 11.8 Å². The quantitative estimate of drug-likeness (QED) is 0.417. The van der Waals surface area contributed by atoms with Gasteiger partial charge in [0.25, 0.3) is 5.91 Å². The Hall–Kier alpha value is -2.56.